The van der Waals surface area contributed by atoms with Crippen molar-refractivity contribution in [3.63, 3.8) is 0 Å². The molecule has 2 saturated carbocycles. The second kappa shape index (κ2) is 34.6. The molecule has 111 heavy (non-hydrogen) atoms. The van der Waals surface area contributed by atoms with Gasteiger partial charge in [-0.15, -0.1) is 0 Å². The van der Waals surface area contributed by atoms with E-state index in [9.17, 15) is 89.1 Å². The number of aliphatic hydroxyl groups is 7. The van der Waals surface area contributed by atoms with Gasteiger partial charge in [-0.25, -0.2) is 24.4 Å². The van der Waals surface area contributed by atoms with Gasteiger partial charge in [0, 0.05) is 73.7 Å². The van der Waals surface area contributed by atoms with Crippen molar-refractivity contribution in [2.45, 2.75) is 199 Å². The van der Waals surface area contributed by atoms with E-state index >= 15 is 0 Å². The maximum absolute atomic E-state index is 14.6. The number of carboxylic acids is 2. The average molecular weight is 1560 g/mol. The Balaban J connectivity index is 0.778. The summed E-state index contributed by atoms with van der Waals surface area (Å²) in [5.74, 6) is -6.35. The first kappa shape index (κ1) is 82.5. The van der Waals surface area contributed by atoms with Gasteiger partial charge in [-0.2, -0.15) is 5.10 Å². The number of ether oxygens (including phenoxy) is 3. The molecule has 6 heterocycles. The van der Waals surface area contributed by atoms with Gasteiger partial charge in [0.05, 0.1) is 53.5 Å². The highest BCUT2D eigenvalue weighted by Crippen LogP contribution is 2.60. The number of aliphatic carboxylic acids is 1. The first-order chi connectivity index (χ1) is 52.6. The molecule has 31 nitrogen and oxygen atoms in total. The number of carboxylic acid groups (broad SMARTS) is 2. The molecule has 2 bridgehead atoms. The highest BCUT2D eigenvalue weighted by atomic mass is 32.1. The summed E-state index contributed by atoms with van der Waals surface area (Å²) in [6.45, 7) is 12.2. The number of ketones is 1. The molecule has 0 radical (unpaired) electrons. The first-order valence-corrected chi connectivity index (χ1v) is 38.2. The van der Waals surface area contributed by atoms with Gasteiger partial charge in [0.1, 0.15) is 55.5 Å². The number of aromatic nitrogens is 4. The number of hydrogen-bond acceptors (Lipinski definition) is 24. The number of amides is 6. The predicted octanol–water partition coefficient (Wildman–Crippen LogP) is 4.41. The number of hydrogen-bond donors (Lipinski definition) is 12. The molecule has 6 amide bonds. The van der Waals surface area contributed by atoms with E-state index in [2.05, 4.69) is 41.7 Å². The number of fused-ring (bicyclic) bond motifs is 4. The second-order valence-corrected chi connectivity index (χ2v) is 32.4. The summed E-state index contributed by atoms with van der Waals surface area (Å²) in [5, 5.41) is 108. The number of thiazole rings is 1. The zero-order valence-corrected chi connectivity index (χ0v) is 63.8. The molecule has 596 valence electrons. The van der Waals surface area contributed by atoms with E-state index in [1.807, 2.05) is 52.9 Å². The maximum atomic E-state index is 14.6. The lowest BCUT2D eigenvalue weighted by Crippen LogP contribution is -2.59. The molecule has 5 aliphatic rings. The van der Waals surface area contributed by atoms with Crippen LogP contribution < -0.4 is 20.9 Å². The summed E-state index contributed by atoms with van der Waals surface area (Å²) < 4.78 is 21.5. The van der Waals surface area contributed by atoms with Crippen LogP contribution in [0.15, 0.2) is 91.1 Å². The van der Waals surface area contributed by atoms with Crippen molar-refractivity contribution in [3.8, 4) is 11.1 Å². The predicted molar refractivity (Wildman–Crippen MR) is 403 cm³/mol. The van der Waals surface area contributed by atoms with E-state index in [0.717, 1.165) is 52.0 Å². The first-order valence-electron chi connectivity index (χ1n) is 37.3. The monoisotopic (exact) mass is 1550 g/mol. The van der Waals surface area contributed by atoms with Crippen molar-refractivity contribution in [3.05, 3.63) is 136 Å². The highest BCUT2D eigenvalue weighted by molar-refractivity contribution is 7.22. The third-order valence-corrected chi connectivity index (χ3v) is 22.9. The smallest absolute Gasteiger partial charge is 0.410 e. The SMILES string of the molecule is Cc1c(-c2ccc(N3CCc4cccc(C(=O)Nc5nc6ccccc6s5)c4C3)nc2C(=O)O)cnn1CC1(C)CC2(C)CC(C)CC(OCCN(CC[C@@H](O)[C@H](O)[C@H](O)CO)C(=O)OCc3ccc(CC(=O)[C@H](C)NC(=O)[C@@H](NC(=O)CN4C(=O)C=CC4=O)C(C)C)cc3CC[C@@H]3O[C@H](C(=O)O)[C@@H](O)[C@H](O)[C@H]3O)(C2)C1. The number of aliphatic hydroxyl groups excluding tert-OH is 7. The third kappa shape index (κ3) is 19.2. The van der Waals surface area contributed by atoms with Gasteiger partial charge in [-0.1, -0.05) is 88.4 Å². The minimum atomic E-state index is -1.96. The van der Waals surface area contributed by atoms with Gasteiger partial charge in [0.25, 0.3) is 17.7 Å². The molecule has 3 fully saturated rings. The minimum Gasteiger partial charge on any atom is -0.479 e. The van der Waals surface area contributed by atoms with Gasteiger partial charge < -0.3 is 80.6 Å². The van der Waals surface area contributed by atoms with Gasteiger partial charge >= 0.3 is 18.0 Å². The molecule has 12 N–H and O–H groups in total. The standard InChI is InChI=1S/C79H98N10O21S/c1-42(2)64(84-61(94)35-88-62(95)21-22-63(88)96)72(102)81-44(4)56(92)30-46-15-16-49(48(29-46)17-19-58-67(98)68(99)69(100)70(110-58)74(105)106)37-108-76(107)86(26-24-55(91)66(97)57(93)36-90)27-28-109-79-32-43(3)31-77(6,39-79)38-78(7,40-79)41-89-45(5)52(33-80-89)50-18-20-60(83-65(50)73(103)104)87-25-23-47-11-10-12-51(53(47)34-87)71(101)85-75-82-54-13-8-9-14-59(54)111-75/h8-16,18,20-22,29,33,42-44,55,57-58,64,66-70,90-91,93,97-100H,17,19,23-28,30-32,34-41H2,1-7H3,(H,81,102)(H,84,94)(H,103,104)(H,105,106)(H,82,85,101)/t43?,44-,55+,57+,58-,64-,66-,67-,68+,69-,70-,77?,78?,79?/m0/s1. The minimum absolute atomic E-state index is 0.0362. The zero-order valence-electron chi connectivity index (χ0n) is 63.0. The number of carbonyl (C=O) groups excluding carboxylic acids is 7. The Bertz CT molecular complexity index is 4480. The van der Waals surface area contributed by atoms with Crippen LogP contribution in [0.25, 0.3) is 21.3 Å². The number of anilines is 2. The van der Waals surface area contributed by atoms with Gasteiger partial charge in [0.2, 0.25) is 11.8 Å². The molecule has 32 heteroatoms. The van der Waals surface area contributed by atoms with E-state index < -0.39 is 145 Å². The molecule has 2 aliphatic carbocycles. The Morgan fingerprint density at radius 3 is 2.29 bits per heavy atom. The van der Waals surface area contributed by atoms with Gasteiger partial charge in [0.15, 0.2) is 22.7 Å². The lowest BCUT2D eigenvalue weighted by atomic mass is 9.51. The largest absolute Gasteiger partial charge is 0.479 e. The highest BCUT2D eigenvalue weighted by Gasteiger charge is 2.56. The summed E-state index contributed by atoms with van der Waals surface area (Å²) in [6, 6.07) is 19.2. The van der Waals surface area contributed by atoms with Crippen LogP contribution in [-0.2, 0) is 81.9 Å². The van der Waals surface area contributed by atoms with Crippen LogP contribution in [0.1, 0.15) is 141 Å². The second-order valence-electron chi connectivity index (χ2n) is 31.4. The number of pyridine rings is 1. The number of Topliss-reactive ketones (excluding diaryl/α,β-unsaturated/α-hetero) is 1. The number of rotatable bonds is 32. The molecular weight excluding hydrogens is 1460 g/mol. The summed E-state index contributed by atoms with van der Waals surface area (Å²) in [6.07, 6.45) is -7.81. The fourth-order valence-electron chi connectivity index (χ4n) is 17.0. The lowest BCUT2D eigenvalue weighted by molar-refractivity contribution is -0.228. The van der Waals surface area contributed by atoms with Crippen molar-refractivity contribution in [1.82, 2.24) is 40.2 Å². The van der Waals surface area contributed by atoms with Crippen molar-refractivity contribution in [1.29, 1.82) is 0 Å². The van der Waals surface area contributed by atoms with Crippen molar-refractivity contribution in [2.75, 3.05) is 49.6 Å². The Morgan fingerprint density at radius 1 is 0.829 bits per heavy atom. The lowest BCUT2D eigenvalue weighted by Gasteiger charge is -2.58. The molecule has 0 spiro atoms. The molecular formula is C79H98N10O21S. The molecule has 3 aliphatic heterocycles. The molecule has 14 atom stereocenters. The molecule has 6 aromatic rings. The molecule has 3 aromatic heterocycles. The third-order valence-electron chi connectivity index (χ3n) is 21.9. The summed E-state index contributed by atoms with van der Waals surface area (Å²) in [4.78, 5) is 132. The number of aromatic carboxylic acids is 1. The summed E-state index contributed by atoms with van der Waals surface area (Å²) in [5.41, 5.74) is 4.36. The Labute approximate surface area is 644 Å². The number of benzene rings is 3. The quantitative estimate of drug-likeness (QED) is 0.0260. The van der Waals surface area contributed by atoms with Gasteiger partial charge in [-0.3, -0.25) is 43.7 Å². The Morgan fingerprint density at radius 2 is 1.58 bits per heavy atom. The average Bonchev–Trinajstić information content (AvgIpc) is 1.43. The van der Waals surface area contributed by atoms with Crippen LogP contribution in [0.2, 0.25) is 0 Å². The molecule has 3 aromatic carbocycles. The van der Waals surface area contributed by atoms with Crippen LogP contribution >= 0.6 is 11.3 Å². The van der Waals surface area contributed by atoms with E-state index in [1.54, 1.807) is 56.4 Å². The van der Waals surface area contributed by atoms with E-state index in [4.69, 9.17) is 24.3 Å². The molecule has 4 unspecified atom stereocenters. The van der Waals surface area contributed by atoms with Crippen molar-refractivity contribution in [2.24, 2.45) is 22.7 Å². The summed E-state index contributed by atoms with van der Waals surface area (Å²) in [7, 11) is 0. The van der Waals surface area contributed by atoms with Crippen LogP contribution in [-0.4, -0.2) is 235 Å². The van der Waals surface area contributed by atoms with Crippen molar-refractivity contribution < 1.29 is 103 Å². The van der Waals surface area contributed by atoms with E-state index in [-0.39, 0.29) is 68.3 Å². The topological polar surface area (TPSA) is 453 Å². The van der Waals surface area contributed by atoms with Crippen LogP contribution in [0, 0.1) is 29.6 Å². The number of para-hydroxylation sites is 1. The normalized spacial score (nSPS) is 24.4. The number of nitrogens with one attached hydrogen (secondary N) is 3. The molecule has 1 saturated heterocycles. The number of imide groups is 1. The zero-order chi connectivity index (χ0) is 80.1. The van der Waals surface area contributed by atoms with Crippen LogP contribution in [0.5, 0.6) is 0 Å². The van der Waals surface area contributed by atoms with Crippen molar-refractivity contribution >= 4 is 85.9 Å². The van der Waals surface area contributed by atoms with E-state index in [0.29, 0.717) is 94.5 Å². The number of nitrogens with zero attached hydrogens (tertiary/aromatic N) is 7. The fraction of sp³-hybridized carbons (Fsp3) is 0.519. The van der Waals surface area contributed by atoms with Gasteiger partial charge in [-0.05, 0) is 152 Å². The van der Waals surface area contributed by atoms with Crippen LogP contribution in [0.3, 0.4) is 0 Å². The van der Waals surface area contributed by atoms with E-state index in [1.165, 1.54) is 23.2 Å². The molecule has 11 rings (SSSR count). The number of aryl methyl sites for hydroxylation is 1. The summed E-state index contributed by atoms with van der Waals surface area (Å²) >= 11 is 1.38. The fourth-order valence-corrected chi connectivity index (χ4v) is 17.9. The van der Waals surface area contributed by atoms with Crippen LogP contribution in [0.4, 0.5) is 15.7 Å². The Hall–Kier alpha value is -9.48. The maximum Gasteiger partial charge on any atom is 0.410 e. The Kier molecular flexibility index (Phi) is 25.7. The number of carbonyl (C=O) groups is 9.